The molecule has 1 saturated heterocycles. The second-order valence-electron chi connectivity index (χ2n) is 5.70. The lowest BCUT2D eigenvalue weighted by Crippen LogP contribution is -2.39. The van der Waals surface area contributed by atoms with Crippen molar-refractivity contribution in [2.45, 2.75) is 33.6 Å². The molecule has 1 unspecified atom stereocenters. The van der Waals surface area contributed by atoms with Gasteiger partial charge in [-0.25, -0.2) is 0 Å². The van der Waals surface area contributed by atoms with Gasteiger partial charge in [0.1, 0.15) is 0 Å². The topological polar surface area (TPSA) is 50.2 Å². The van der Waals surface area contributed by atoms with E-state index in [0.29, 0.717) is 12.5 Å². The van der Waals surface area contributed by atoms with Crippen LogP contribution < -0.4 is 5.32 Å². The van der Waals surface area contributed by atoms with Gasteiger partial charge in [-0.05, 0) is 39.2 Å². The van der Waals surface area contributed by atoms with Gasteiger partial charge in [0.15, 0.2) is 0 Å². The van der Waals surface area contributed by atoms with E-state index in [-0.39, 0.29) is 5.91 Å². The average Bonchev–Trinajstić information content (AvgIpc) is 2.56. The minimum absolute atomic E-state index is 0.0632. The third-order valence-electron chi connectivity index (χ3n) is 3.88. The fraction of sp³-hybridized carbons (Fsp3) is 0.714. The Morgan fingerprint density at radius 3 is 2.79 bits per heavy atom. The summed E-state index contributed by atoms with van der Waals surface area (Å²) in [4.78, 5) is 14.4. The van der Waals surface area contributed by atoms with Crippen molar-refractivity contribution >= 4 is 11.6 Å². The van der Waals surface area contributed by atoms with Crippen LogP contribution in [0.15, 0.2) is 0 Å². The van der Waals surface area contributed by atoms with Crippen LogP contribution in [0.2, 0.25) is 0 Å². The summed E-state index contributed by atoms with van der Waals surface area (Å²) in [5, 5.41) is 7.31. The van der Waals surface area contributed by atoms with Crippen LogP contribution in [0, 0.1) is 19.8 Å². The number of nitrogens with one attached hydrogen (secondary N) is 1. The lowest BCUT2D eigenvalue weighted by atomic mass is 10.0. The molecule has 19 heavy (non-hydrogen) atoms. The standard InChI is InChI=1S/C14H24N4O/c1-10-6-5-7-18(8-10)9-13(19)15-14-11(2)16-17(4)12(14)3/h10H,5-9H2,1-4H3,(H,15,19). The van der Waals surface area contributed by atoms with Crippen molar-refractivity contribution in [3.8, 4) is 0 Å². The molecule has 1 amide bonds. The predicted octanol–water partition coefficient (Wildman–Crippen LogP) is 1.71. The molecule has 1 fully saturated rings. The van der Waals surface area contributed by atoms with E-state index in [9.17, 15) is 4.79 Å². The third kappa shape index (κ3) is 3.35. The SMILES string of the molecule is Cc1nn(C)c(C)c1NC(=O)CN1CCCC(C)C1. The highest BCUT2D eigenvalue weighted by Crippen LogP contribution is 2.19. The number of carbonyl (C=O) groups is 1. The van der Waals surface area contributed by atoms with Crippen LogP contribution >= 0.6 is 0 Å². The van der Waals surface area contributed by atoms with Crippen LogP contribution in [-0.4, -0.2) is 40.2 Å². The van der Waals surface area contributed by atoms with Crippen molar-refractivity contribution in [2.24, 2.45) is 13.0 Å². The summed E-state index contributed by atoms with van der Waals surface area (Å²) < 4.78 is 1.80. The zero-order valence-corrected chi connectivity index (χ0v) is 12.4. The van der Waals surface area contributed by atoms with E-state index in [1.165, 1.54) is 12.8 Å². The minimum Gasteiger partial charge on any atom is -0.322 e. The van der Waals surface area contributed by atoms with E-state index < -0.39 is 0 Å². The predicted molar refractivity (Wildman–Crippen MR) is 76.1 cm³/mol. The van der Waals surface area contributed by atoms with Gasteiger partial charge < -0.3 is 5.32 Å². The molecule has 5 heteroatoms. The normalized spacial score (nSPS) is 20.5. The van der Waals surface area contributed by atoms with E-state index in [0.717, 1.165) is 30.2 Å². The maximum Gasteiger partial charge on any atom is 0.238 e. The molecular formula is C14H24N4O. The molecule has 0 aliphatic carbocycles. The van der Waals surface area contributed by atoms with Gasteiger partial charge in [0.05, 0.1) is 23.6 Å². The highest BCUT2D eigenvalue weighted by Gasteiger charge is 2.19. The molecule has 1 aliphatic heterocycles. The molecular weight excluding hydrogens is 240 g/mol. The first-order valence-corrected chi connectivity index (χ1v) is 6.99. The first-order chi connectivity index (χ1) is 8.97. The Kier molecular flexibility index (Phi) is 4.24. The number of hydrogen-bond acceptors (Lipinski definition) is 3. The fourth-order valence-electron chi connectivity index (χ4n) is 2.77. The second kappa shape index (κ2) is 5.74. The third-order valence-corrected chi connectivity index (χ3v) is 3.88. The number of anilines is 1. The molecule has 1 atom stereocenters. The Bertz CT molecular complexity index is 466. The van der Waals surface area contributed by atoms with E-state index in [1.54, 1.807) is 4.68 Å². The number of rotatable bonds is 3. The van der Waals surface area contributed by atoms with Crippen LogP contribution in [0.3, 0.4) is 0 Å². The summed E-state index contributed by atoms with van der Waals surface area (Å²) in [6.45, 7) is 8.68. The van der Waals surface area contributed by atoms with E-state index in [4.69, 9.17) is 0 Å². The Morgan fingerprint density at radius 2 is 2.21 bits per heavy atom. The fourth-order valence-corrected chi connectivity index (χ4v) is 2.77. The zero-order chi connectivity index (χ0) is 14.0. The molecule has 1 N–H and O–H groups in total. The molecule has 0 spiro atoms. The van der Waals surface area contributed by atoms with Crippen LogP contribution in [0.1, 0.15) is 31.2 Å². The van der Waals surface area contributed by atoms with Crippen molar-refractivity contribution in [3.63, 3.8) is 0 Å². The van der Waals surface area contributed by atoms with Crippen LogP contribution in [0.4, 0.5) is 5.69 Å². The van der Waals surface area contributed by atoms with Crippen molar-refractivity contribution in [1.29, 1.82) is 0 Å². The van der Waals surface area contributed by atoms with Crippen molar-refractivity contribution in [1.82, 2.24) is 14.7 Å². The zero-order valence-electron chi connectivity index (χ0n) is 12.4. The van der Waals surface area contributed by atoms with E-state index >= 15 is 0 Å². The summed E-state index contributed by atoms with van der Waals surface area (Å²) in [6.07, 6.45) is 2.47. The molecule has 0 saturated carbocycles. The maximum absolute atomic E-state index is 12.1. The number of hydrogen-bond donors (Lipinski definition) is 1. The molecule has 0 aromatic carbocycles. The van der Waals surface area contributed by atoms with Crippen LogP contribution in [0.5, 0.6) is 0 Å². The molecule has 5 nitrogen and oxygen atoms in total. The monoisotopic (exact) mass is 264 g/mol. The molecule has 1 aromatic heterocycles. The smallest absolute Gasteiger partial charge is 0.238 e. The average molecular weight is 264 g/mol. The first-order valence-electron chi connectivity index (χ1n) is 6.99. The number of likely N-dealkylation sites (tertiary alicyclic amines) is 1. The Hall–Kier alpha value is -1.36. The Labute approximate surface area is 115 Å². The number of amides is 1. The van der Waals surface area contributed by atoms with E-state index in [2.05, 4.69) is 22.2 Å². The molecule has 1 aliphatic rings. The Balaban J connectivity index is 1.94. The van der Waals surface area contributed by atoms with Gasteiger partial charge in [0.2, 0.25) is 5.91 Å². The van der Waals surface area contributed by atoms with Gasteiger partial charge in [-0.1, -0.05) is 6.92 Å². The van der Waals surface area contributed by atoms with Gasteiger partial charge in [0.25, 0.3) is 0 Å². The van der Waals surface area contributed by atoms with Crippen molar-refractivity contribution < 1.29 is 4.79 Å². The molecule has 106 valence electrons. The highest BCUT2D eigenvalue weighted by atomic mass is 16.2. The first kappa shape index (κ1) is 14.1. The number of carbonyl (C=O) groups excluding carboxylic acids is 1. The van der Waals surface area contributed by atoms with Crippen LogP contribution in [0.25, 0.3) is 0 Å². The highest BCUT2D eigenvalue weighted by molar-refractivity contribution is 5.93. The largest absolute Gasteiger partial charge is 0.322 e. The van der Waals surface area contributed by atoms with Gasteiger partial charge in [-0.2, -0.15) is 5.10 Å². The Morgan fingerprint density at radius 1 is 1.47 bits per heavy atom. The second-order valence-corrected chi connectivity index (χ2v) is 5.70. The summed E-state index contributed by atoms with van der Waals surface area (Å²) in [6, 6.07) is 0. The summed E-state index contributed by atoms with van der Waals surface area (Å²) in [5.74, 6) is 0.761. The van der Waals surface area contributed by atoms with Gasteiger partial charge in [-0.15, -0.1) is 0 Å². The molecule has 1 aromatic rings. The summed E-state index contributed by atoms with van der Waals surface area (Å²) in [7, 11) is 1.89. The maximum atomic E-state index is 12.1. The number of nitrogens with zero attached hydrogens (tertiary/aromatic N) is 3. The molecule has 0 radical (unpaired) electrons. The number of piperidine rings is 1. The molecule has 0 bridgehead atoms. The van der Waals surface area contributed by atoms with Gasteiger partial charge >= 0.3 is 0 Å². The van der Waals surface area contributed by atoms with Gasteiger partial charge in [-0.3, -0.25) is 14.4 Å². The molecule has 2 rings (SSSR count). The number of aromatic nitrogens is 2. The molecule has 2 heterocycles. The summed E-state index contributed by atoms with van der Waals surface area (Å²) in [5.41, 5.74) is 2.73. The minimum atomic E-state index is 0.0632. The van der Waals surface area contributed by atoms with E-state index in [1.807, 2.05) is 20.9 Å². The lowest BCUT2D eigenvalue weighted by molar-refractivity contribution is -0.117. The van der Waals surface area contributed by atoms with Gasteiger partial charge in [0, 0.05) is 13.6 Å². The summed E-state index contributed by atoms with van der Waals surface area (Å²) >= 11 is 0. The van der Waals surface area contributed by atoms with Crippen LogP contribution in [-0.2, 0) is 11.8 Å². The lowest BCUT2D eigenvalue weighted by Gasteiger charge is -2.30. The van der Waals surface area contributed by atoms with Crippen molar-refractivity contribution in [2.75, 3.05) is 25.0 Å². The number of aryl methyl sites for hydroxylation is 2. The quantitative estimate of drug-likeness (QED) is 0.904. The van der Waals surface area contributed by atoms with Crippen molar-refractivity contribution in [3.05, 3.63) is 11.4 Å².